The van der Waals surface area contributed by atoms with Gasteiger partial charge in [0.2, 0.25) is 5.91 Å². The first-order valence-electron chi connectivity index (χ1n) is 7.17. The third-order valence-electron chi connectivity index (χ3n) is 3.71. The molecule has 6 nitrogen and oxygen atoms in total. The van der Waals surface area contributed by atoms with Crippen LogP contribution in [-0.4, -0.2) is 46.5 Å². The number of rotatable bonds is 3. The largest absolute Gasteiger partial charge is 0.341 e. The Morgan fingerprint density at radius 3 is 3.09 bits per heavy atom. The predicted octanol–water partition coefficient (Wildman–Crippen LogP) is 1.09. The van der Waals surface area contributed by atoms with Gasteiger partial charge in [-0.1, -0.05) is 0 Å². The van der Waals surface area contributed by atoms with Crippen molar-refractivity contribution >= 4 is 39.9 Å². The third-order valence-corrected chi connectivity index (χ3v) is 4.53. The molecule has 120 valence electrons. The van der Waals surface area contributed by atoms with E-state index in [-0.39, 0.29) is 23.9 Å². The number of thiophene rings is 1. The van der Waals surface area contributed by atoms with Crippen molar-refractivity contribution in [2.75, 3.05) is 26.2 Å². The Morgan fingerprint density at radius 2 is 2.23 bits per heavy atom. The van der Waals surface area contributed by atoms with Crippen molar-refractivity contribution in [3.05, 3.63) is 28.1 Å². The molecule has 0 atom stereocenters. The minimum atomic E-state index is -0.0633. The highest BCUT2D eigenvalue weighted by Crippen LogP contribution is 2.13. The summed E-state index contributed by atoms with van der Waals surface area (Å²) in [5.41, 5.74) is -0.0633. The van der Waals surface area contributed by atoms with E-state index in [9.17, 15) is 9.59 Å². The number of hydrogen-bond acceptors (Lipinski definition) is 5. The average Bonchev–Trinajstić information content (AvgIpc) is 2.81. The van der Waals surface area contributed by atoms with Crippen LogP contribution in [-0.2, 0) is 11.3 Å². The van der Waals surface area contributed by atoms with Crippen LogP contribution in [0.15, 0.2) is 22.6 Å². The lowest BCUT2D eigenvalue weighted by Gasteiger charge is -2.20. The molecular formula is C14H19ClN4O2S. The van der Waals surface area contributed by atoms with Crippen LogP contribution in [0.25, 0.3) is 10.2 Å². The van der Waals surface area contributed by atoms with Gasteiger partial charge in [-0.25, -0.2) is 4.98 Å². The van der Waals surface area contributed by atoms with Crippen molar-refractivity contribution in [3.63, 3.8) is 0 Å². The number of carbonyl (C=O) groups excluding carboxylic acids is 1. The van der Waals surface area contributed by atoms with Crippen LogP contribution in [0.2, 0.25) is 0 Å². The van der Waals surface area contributed by atoms with Crippen molar-refractivity contribution < 1.29 is 4.79 Å². The van der Waals surface area contributed by atoms with E-state index in [4.69, 9.17) is 0 Å². The van der Waals surface area contributed by atoms with E-state index in [1.54, 1.807) is 12.4 Å². The highest BCUT2D eigenvalue weighted by Gasteiger charge is 2.15. The molecule has 1 N–H and O–H groups in total. The Hall–Kier alpha value is -1.44. The molecule has 1 aliphatic heterocycles. The molecule has 1 amide bonds. The van der Waals surface area contributed by atoms with Crippen LogP contribution in [0.4, 0.5) is 0 Å². The fourth-order valence-corrected chi connectivity index (χ4v) is 3.25. The summed E-state index contributed by atoms with van der Waals surface area (Å²) in [5, 5.41) is 5.77. The van der Waals surface area contributed by atoms with E-state index in [2.05, 4.69) is 10.3 Å². The molecule has 3 rings (SSSR count). The van der Waals surface area contributed by atoms with Gasteiger partial charge in [-0.05, 0) is 24.4 Å². The molecule has 0 bridgehead atoms. The number of fused-ring (bicyclic) bond motifs is 1. The van der Waals surface area contributed by atoms with Gasteiger partial charge in [0.1, 0.15) is 4.83 Å². The molecule has 0 aliphatic carbocycles. The molecule has 22 heavy (non-hydrogen) atoms. The van der Waals surface area contributed by atoms with Gasteiger partial charge >= 0.3 is 0 Å². The summed E-state index contributed by atoms with van der Waals surface area (Å²) in [5.74, 6) is 0.107. The number of aromatic nitrogens is 2. The molecule has 3 heterocycles. The molecule has 2 aromatic heterocycles. The van der Waals surface area contributed by atoms with Gasteiger partial charge in [0.05, 0.1) is 11.7 Å². The van der Waals surface area contributed by atoms with Crippen molar-refractivity contribution in [2.45, 2.75) is 19.4 Å². The molecule has 1 saturated heterocycles. The van der Waals surface area contributed by atoms with Gasteiger partial charge in [-0.15, -0.1) is 23.7 Å². The highest BCUT2D eigenvalue weighted by atomic mass is 35.5. The van der Waals surface area contributed by atoms with Crippen LogP contribution in [0.3, 0.4) is 0 Å². The first-order chi connectivity index (χ1) is 10.3. The molecule has 1 fully saturated rings. The Kier molecular flexibility index (Phi) is 5.93. The van der Waals surface area contributed by atoms with Gasteiger partial charge in [-0.2, -0.15) is 0 Å². The van der Waals surface area contributed by atoms with Crippen LogP contribution in [0.1, 0.15) is 12.8 Å². The number of amides is 1. The number of nitrogens with one attached hydrogen (secondary N) is 1. The zero-order valence-corrected chi connectivity index (χ0v) is 13.8. The van der Waals surface area contributed by atoms with E-state index in [0.717, 1.165) is 37.4 Å². The van der Waals surface area contributed by atoms with Crippen molar-refractivity contribution in [2.24, 2.45) is 0 Å². The van der Waals surface area contributed by atoms with Crippen molar-refractivity contribution in [1.29, 1.82) is 0 Å². The van der Waals surface area contributed by atoms with E-state index >= 15 is 0 Å². The normalized spacial score (nSPS) is 15.4. The maximum absolute atomic E-state index is 12.2. The maximum atomic E-state index is 12.2. The molecule has 0 unspecified atom stereocenters. The molecule has 0 aromatic carbocycles. The van der Waals surface area contributed by atoms with Crippen molar-refractivity contribution in [3.8, 4) is 0 Å². The van der Waals surface area contributed by atoms with Gasteiger partial charge in [0, 0.05) is 32.6 Å². The lowest BCUT2D eigenvalue weighted by atomic mass is 10.3. The quantitative estimate of drug-likeness (QED) is 0.906. The Labute approximate surface area is 138 Å². The number of halogens is 1. The van der Waals surface area contributed by atoms with E-state index in [0.29, 0.717) is 18.4 Å². The first kappa shape index (κ1) is 16.9. The van der Waals surface area contributed by atoms with Gasteiger partial charge in [0.25, 0.3) is 5.56 Å². The predicted molar refractivity (Wildman–Crippen MR) is 89.8 cm³/mol. The summed E-state index contributed by atoms with van der Waals surface area (Å²) in [7, 11) is 0. The minimum Gasteiger partial charge on any atom is -0.341 e. The molecular weight excluding hydrogens is 324 g/mol. The Balaban J connectivity index is 0.00000176. The summed E-state index contributed by atoms with van der Waals surface area (Å²) in [6.07, 6.45) is 2.86. The monoisotopic (exact) mass is 342 g/mol. The molecule has 2 aromatic rings. The van der Waals surface area contributed by atoms with Crippen molar-refractivity contribution in [1.82, 2.24) is 19.8 Å². The summed E-state index contributed by atoms with van der Waals surface area (Å²) < 4.78 is 1.53. The lowest BCUT2D eigenvalue weighted by Crippen LogP contribution is -2.35. The molecule has 1 aliphatic rings. The standard InChI is InChI=1S/C14H18N4O2S.ClH/c19-12(17-6-1-4-15-5-8-17)2-7-18-10-16-13-11(14(18)20)3-9-21-13;/h3,9-10,15H,1-2,4-8H2;1H. The van der Waals surface area contributed by atoms with Gasteiger partial charge in [0.15, 0.2) is 0 Å². The zero-order chi connectivity index (χ0) is 14.7. The lowest BCUT2D eigenvalue weighted by molar-refractivity contribution is -0.131. The first-order valence-corrected chi connectivity index (χ1v) is 8.05. The van der Waals surface area contributed by atoms with E-state index in [1.165, 1.54) is 15.9 Å². The second kappa shape index (κ2) is 7.71. The fourth-order valence-electron chi connectivity index (χ4n) is 2.52. The van der Waals surface area contributed by atoms with Crippen LogP contribution in [0.5, 0.6) is 0 Å². The Morgan fingerprint density at radius 1 is 1.36 bits per heavy atom. The van der Waals surface area contributed by atoms with Gasteiger partial charge in [-0.3, -0.25) is 14.2 Å². The average molecular weight is 343 g/mol. The highest BCUT2D eigenvalue weighted by molar-refractivity contribution is 7.16. The number of aryl methyl sites for hydroxylation is 1. The molecule has 8 heteroatoms. The molecule has 0 saturated carbocycles. The van der Waals surface area contributed by atoms with Gasteiger partial charge < -0.3 is 10.2 Å². The van der Waals surface area contributed by atoms with Crippen LogP contribution in [0, 0.1) is 0 Å². The van der Waals surface area contributed by atoms with Crippen LogP contribution < -0.4 is 10.9 Å². The number of carbonyl (C=O) groups is 1. The summed E-state index contributed by atoms with van der Waals surface area (Å²) in [6, 6.07) is 1.79. The number of nitrogens with zero attached hydrogens (tertiary/aromatic N) is 3. The smallest absolute Gasteiger partial charge is 0.262 e. The summed E-state index contributed by atoms with van der Waals surface area (Å²) >= 11 is 1.45. The zero-order valence-electron chi connectivity index (χ0n) is 12.2. The Bertz CT molecular complexity index is 691. The second-order valence-electron chi connectivity index (χ2n) is 5.12. The maximum Gasteiger partial charge on any atom is 0.262 e. The fraction of sp³-hybridized carbons (Fsp3) is 0.500. The SMILES string of the molecule is Cl.O=C(CCn1cnc2sccc2c1=O)N1CCCNCC1. The molecule has 0 radical (unpaired) electrons. The topological polar surface area (TPSA) is 67.2 Å². The number of hydrogen-bond donors (Lipinski definition) is 1. The van der Waals surface area contributed by atoms with Crippen LogP contribution >= 0.6 is 23.7 Å². The van der Waals surface area contributed by atoms with E-state index in [1.807, 2.05) is 10.3 Å². The second-order valence-corrected chi connectivity index (χ2v) is 6.01. The summed E-state index contributed by atoms with van der Waals surface area (Å²) in [6.45, 7) is 3.73. The minimum absolute atomic E-state index is 0. The third kappa shape index (κ3) is 3.66. The summed E-state index contributed by atoms with van der Waals surface area (Å²) in [4.78, 5) is 31.3. The van der Waals surface area contributed by atoms with E-state index < -0.39 is 0 Å². The molecule has 0 spiro atoms.